The van der Waals surface area contributed by atoms with Crippen LogP contribution >= 0.6 is 0 Å². The van der Waals surface area contributed by atoms with Gasteiger partial charge in [0, 0.05) is 73.6 Å². The van der Waals surface area contributed by atoms with E-state index in [4.69, 9.17) is 5.41 Å². The van der Waals surface area contributed by atoms with Gasteiger partial charge in [0.2, 0.25) is 0 Å². The summed E-state index contributed by atoms with van der Waals surface area (Å²) in [7, 11) is 3.58. The van der Waals surface area contributed by atoms with Crippen molar-refractivity contribution in [3.8, 4) is 0 Å². The molecule has 0 atom stereocenters. The molecule has 0 bridgehead atoms. The van der Waals surface area contributed by atoms with Crippen molar-refractivity contribution in [2.24, 2.45) is 0 Å². The molecular weight excluding hydrogens is 492 g/mol. The van der Waals surface area contributed by atoms with Gasteiger partial charge in [-0.1, -0.05) is 0 Å². The van der Waals surface area contributed by atoms with Crippen LogP contribution in [0.4, 0.5) is 28.4 Å². The number of hydrogen-bond acceptors (Lipinski definition) is 7. The van der Waals surface area contributed by atoms with Gasteiger partial charge in [-0.3, -0.25) is 9.59 Å². The third-order valence-electron chi connectivity index (χ3n) is 6.35. The first-order valence-electron chi connectivity index (χ1n) is 12.8. The van der Waals surface area contributed by atoms with Gasteiger partial charge in [0.05, 0.1) is 11.7 Å². The Kier molecular flexibility index (Phi) is 8.96. The second kappa shape index (κ2) is 12.7. The molecule has 0 radical (unpaired) electrons. The number of benzene rings is 3. The standard InChI is InChI=1S/C30H34N6O3/c1-35(2)20-22(19-31)30(39)34-26-11-7-24(8-12-26)32-23-5-9-25(10-6-23)33-29(38)21-3-13-27(14-4-21)36-17-15-28(37)16-18-36/h3-14,19-20,28,31-32,37H,15-18H2,1-2H3,(H,33,38)(H,34,39)/b22-20+,31-19?. The third kappa shape index (κ3) is 7.68. The Balaban J connectivity index is 1.29. The highest BCUT2D eigenvalue weighted by molar-refractivity contribution is 6.17. The third-order valence-corrected chi connectivity index (χ3v) is 6.35. The largest absolute Gasteiger partial charge is 0.393 e. The lowest BCUT2D eigenvalue weighted by atomic mass is 10.1. The number of rotatable bonds is 9. The van der Waals surface area contributed by atoms with E-state index in [2.05, 4.69) is 20.9 Å². The molecule has 1 fully saturated rings. The Morgan fingerprint density at radius 3 is 1.87 bits per heavy atom. The highest BCUT2D eigenvalue weighted by atomic mass is 16.3. The summed E-state index contributed by atoms with van der Waals surface area (Å²) in [5.41, 5.74) is 4.88. The summed E-state index contributed by atoms with van der Waals surface area (Å²) in [4.78, 5) is 29.0. The van der Waals surface area contributed by atoms with Gasteiger partial charge in [-0.15, -0.1) is 0 Å². The number of carbonyl (C=O) groups excluding carboxylic acids is 2. The van der Waals surface area contributed by atoms with Gasteiger partial charge in [-0.25, -0.2) is 0 Å². The summed E-state index contributed by atoms with van der Waals surface area (Å²) in [6.45, 7) is 1.63. The van der Waals surface area contributed by atoms with Crippen LogP contribution in [-0.2, 0) is 4.79 Å². The molecule has 9 heteroatoms. The van der Waals surface area contributed by atoms with Crippen LogP contribution in [0.5, 0.6) is 0 Å². The lowest BCUT2D eigenvalue weighted by molar-refractivity contribution is -0.112. The van der Waals surface area contributed by atoms with Crippen LogP contribution in [0.3, 0.4) is 0 Å². The lowest BCUT2D eigenvalue weighted by Gasteiger charge is -2.31. The smallest absolute Gasteiger partial charge is 0.258 e. The molecule has 4 rings (SSSR count). The number of anilines is 5. The lowest BCUT2D eigenvalue weighted by Crippen LogP contribution is -2.35. The number of nitrogens with one attached hydrogen (secondary N) is 4. The molecule has 9 nitrogen and oxygen atoms in total. The van der Waals surface area contributed by atoms with Gasteiger partial charge in [0.1, 0.15) is 0 Å². The van der Waals surface area contributed by atoms with Crippen molar-refractivity contribution in [2.45, 2.75) is 18.9 Å². The quantitative estimate of drug-likeness (QED) is 0.204. The predicted octanol–water partition coefficient (Wildman–Crippen LogP) is 4.68. The molecule has 1 saturated heterocycles. The minimum atomic E-state index is -0.351. The SMILES string of the molecule is CN(C)/C=C(\C=N)C(=O)Nc1ccc(Nc2ccc(NC(=O)c3ccc(N4CCC(O)CC4)cc3)cc2)cc1. The highest BCUT2D eigenvalue weighted by Gasteiger charge is 2.17. The van der Waals surface area contributed by atoms with Crippen molar-refractivity contribution in [1.82, 2.24) is 4.90 Å². The van der Waals surface area contributed by atoms with E-state index in [1.165, 1.54) is 0 Å². The Labute approximate surface area is 228 Å². The Morgan fingerprint density at radius 1 is 0.846 bits per heavy atom. The fraction of sp³-hybridized carbons (Fsp3) is 0.233. The van der Waals surface area contributed by atoms with Crippen molar-refractivity contribution in [3.63, 3.8) is 0 Å². The Bertz CT molecular complexity index is 1310. The average molecular weight is 527 g/mol. The molecular formula is C30H34N6O3. The first-order chi connectivity index (χ1) is 18.8. The monoisotopic (exact) mass is 526 g/mol. The molecule has 1 heterocycles. The Morgan fingerprint density at radius 2 is 1.36 bits per heavy atom. The molecule has 202 valence electrons. The van der Waals surface area contributed by atoms with E-state index >= 15 is 0 Å². The van der Waals surface area contributed by atoms with Gasteiger partial charge >= 0.3 is 0 Å². The summed E-state index contributed by atoms with van der Waals surface area (Å²) in [5.74, 6) is -0.531. The van der Waals surface area contributed by atoms with E-state index < -0.39 is 0 Å². The van der Waals surface area contributed by atoms with Crippen molar-refractivity contribution in [1.29, 1.82) is 5.41 Å². The van der Waals surface area contributed by atoms with E-state index in [0.29, 0.717) is 16.9 Å². The number of carbonyl (C=O) groups is 2. The van der Waals surface area contributed by atoms with E-state index in [1.807, 2.05) is 60.7 Å². The van der Waals surface area contributed by atoms with Crippen LogP contribution < -0.4 is 20.9 Å². The maximum atomic E-state index is 12.7. The molecule has 0 unspecified atom stereocenters. The molecule has 0 aromatic heterocycles. The fourth-order valence-corrected chi connectivity index (χ4v) is 4.23. The summed E-state index contributed by atoms with van der Waals surface area (Å²) < 4.78 is 0. The van der Waals surface area contributed by atoms with Crippen molar-refractivity contribution in [3.05, 3.63) is 90.1 Å². The number of nitrogens with zero attached hydrogens (tertiary/aromatic N) is 2. The van der Waals surface area contributed by atoms with Crippen LogP contribution in [-0.4, -0.2) is 61.3 Å². The van der Waals surface area contributed by atoms with Gasteiger partial charge in [0.15, 0.2) is 0 Å². The topological polar surface area (TPSA) is 121 Å². The van der Waals surface area contributed by atoms with E-state index in [-0.39, 0.29) is 23.5 Å². The van der Waals surface area contributed by atoms with Crippen molar-refractivity contribution in [2.75, 3.05) is 48.0 Å². The van der Waals surface area contributed by atoms with Crippen LogP contribution in [0.2, 0.25) is 0 Å². The van der Waals surface area contributed by atoms with E-state index in [9.17, 15) is 14.7 Å². The molecule has 2 amide bonds. The summed E-state index contributed by atoms with van der Waals surface area (Å²) >= 11 is 0. The van der Waals surface area contributed by atoms with E-state index in [1.54, 1.807) is 37.3 Å². The predicted molar refractivity (Wildman–Crippen MR) is 157 cm³/mol. The van der Waals surface area contributed by atoms with Crippen LogP contribution in [0, 0.1) is 5.41 Å². The van der Waals surface area contributed by atoms with Crippen LogP contribution in [0.25, 0.3) is 0 Å². The number of piperidine rings is 1. The summed E-state index contributed by atoms with van der Waals surface area (Å²) in [6.07, 6.45) is 3.92. The minimum absolute atomic E-state index is 0.180. The maximum Gasteiger partial charge on any atom is 0.258 e. The second-order valence-electron chi connectivity index (χ2n) is 9.65. The molecule has 0 spiro atoms. The zero-order chi connectivity index (χ0) is 27.8. The molecule has 0 aliphatic carbocycles. The van der Waals surface area contributed by atoms with Gasteiger partial charge in [0.25, 0.3) is 11.8 Å². The van der Waals surface area contributed by atoms with Crippen molar-refractivity contribution >= 4 is 46.5 Å². The average Bonchev–Trinajstić information content (AvgIpc) is 2.94. The van der Waals surface area contributed by atoms with Crippen molar-refractivity contribution < 1.29 is 14.7 Å². The molecule has 3 aromatic carbocycles. The maximum absolute atomic E-state index is 12.7. The normalized spacial score (nSPS) is 13.9. The summed E-state index contributed by atoms with van der Waals surface area (Å²) in [6, 6.07) is 22.2. The first-order valence-corrected chi connectivity index (χ1v) is 12.8. The van der Waals surface area contributed by atoms with Gasteiger partial charge < -0.3 is 36.3 Å². The minimum Gasteiger partial charge on any atom is -0.393 e. The molecule has 3 aromatic rings. The molecule has 5 N–H and O–H groups in total. The van der Waals surface area contributed by atoms with Crippen LogP contribution in [0.1, 0.15) is 23.2 Å². The molecule has 1 aliphatic heterocycles. The Hall–Kier alpha value is -4.63. The zero-order valence-corrected chi connectivity index (χ0v) is 22.1. The van der Waals surface area contributed by atoms with E-state index in [0.717, 1.165) is 49.2 Å². The highest BCUT2D eigenvalue weighted by Crippen LogP contribution is 2.23. The van der Waals surface area contributed by atoms with Crippen LogP contribution in [0.15, 0.2) is 84.6 Å². The second-order valence-corrected chi connectivity index (χ2v) is 9.65. The number of aliphatic hydroxyl groups excluding tert-OH is 1. The molecule has 1 aliphatic rings. The number of amides is 2. The molecule has 39 heavy (non-hydrogen) atoms. The first kappa shape index (κ1) is 27.4. The zero-order valence-electron chi connectivity index (χ0n) is 22.1. The fourth-order valence-electron chi connectivity index (χ4n) is 4.23. The molecule has 0 saturated carbocycles. The van der Waals surface area contributed by atoms with Gasteiger partial charge in [-0.05, 0) is 85.6 Å². The van der Waals surface area contributed by atoms with Gasteiger partial charge in [-0.2, -0.15) is 0 Å². The summed E-state index contributed by atoms with van der Waals surface area (Å²) in [5, 5.41) is 26.1. The number of aliphatic hydroxyl groups is 1. The number of hydrogen-bond donors (Lipinski definition) is 5.